The van der Waals surface area contributed by atoms with Crippen molar-refractivity contribution in [1.29, 1.82) is 0 Å². The van der Waals surface area contributed by atoms with Crippen molar-refractivity contribution in [2.24, 2.45) is 11.8 Å². The van der Waals surface area contributed by atoms with Gasteiger partial charge in [0.1, 0.15) is 5.82 Å². The van der Waals surface area contributed by atoms with Crippen LogP contribution in [0.1, 0.15) is 22.0 Å². The highest BCUT2D eigenvalue weighted by atomic mass is 32.1. The van der Waals surface area contributed by atoms with Crippen LogP contribution in [0.4, 0.5) is 5.69 Å². The number of rotatable bonds is 4. The van der Waals surface area contributed by atoms with Gasteiger partial charge in [-0.3, -0.25) is 9.69 Å². The Morgan fingerprint density at radius 3 is 2.78 bits per heavy atom. The van der Waals surface area contributed by atoms with Gasteiger partial charge in [-0.1, -0.05) is 18.2 Å². The first kappa shape index (κ1) is 16.6. The number of carbonyl (C=O) groups is 1. The number of benzene rings is 1. The normalized spacial score (nSPS) is 21.6. The molecule has 0 spiro atoms. The second-order valence-electron chi connectivity index (χ2n) is 7.42. The zero-order valence-electron chi connectivity index (χ0n) is 14.9. The van der Waals surface area contributed by atoms with Crippen molar-refractivity contribution in [3.63, 3.8) is 0 Å². The summed E-state index contributed by atoms with van der Waals surface area (Å²) in [4.78, 5) is 15.2. The Morgan fingerprint density at radius 1 is 1.11 bits per heavy atom. The molecule has 0 bridgehead atoms. The number of nitrogens with zero attached hydrogens (tertiary/aromatic N) is 4. The zero-order valence-corrected chi connectivity index (χ0v) is 15.7. The quantitative estimate of drug-likeness (QED) is 0.757. The van der Waals surface area contributed by atoms with Gasteiger partial charge in [-0.25, -0.2) is 0 Å². The summed E-state index contributed by atoms with van der Waals surface area (Å²) in [7, 11) is 0. The van der Waals surface area contributed by atoms with Gasteiger partial charge in [0.25, 0.3) is 5.91 Å². The molecule has 1 fully saturated rings. The Balaban J connectivity index is 1.30. The third-order valence-corrected chi connectivity index (χ3v) is 6.29. The molecule has 5 rings (SSSR count). The van der Waals surface area contributed by atoms with Crippen molar-refractivity contribution in [3.8, 4) is 0 Å². The van der Waals surface area contributed by atoms with Crippen LogP contribution in [-0.4, -0.2) is 38.7 Å². The fourth-order valence-electron chi connectivity index (χ4n) is 4.27. The molecule has 2 atom stereocenters. The van der Waals surface area contributed by atoms with E-state index >= 15 is 0 Å². The first-order valence-corrected chi connectivity index (χ1v) is 10.2. The van der Waals surface area contributed by atoms with E-state index in [0.717, 1.165) is 44.1 Å². The largest absolute Gasteiger partial charge is 0.319 e. The lowest BCUT2D eigenvalue weighted by atomic mass is 9.89. The second-order valence-corrected chi connectivity index (χ2v) is 8.20. The minimum atomic E-state index is -0.188. The van der Waals surface area contributed by atoms with E-state index in [9.17, 15) is 4.79 Å². The number of carbonyl (C=O) groups excluding carboxylic acids is 1. The van der Waals surface area contributed by atoms with Crippen LogP contribution in [-0.2, 0) is 19.5 Å². The highest BCUT2D eigenvalue weighted by Crippen LogP contribution is 2.33. The lowest BCUT2D eigenvalue weighted by Gasteiger charge is -2.25. The smallest absolute Gasteiger partial charge is 0.293 e. The van der Waals surface area contributed by atoms with E-state index in [1.54, 1.807) is 11.3 Å². The number of fused-ring (bicyclic) bond motifs is 2. The lowest BCUT2D eigenvalue weighted by molar-refractivity contribution is 0.100. The van der Waals surface area contributed by atoms with Crippen molar-refractivity contribution >= 4 is 22.9 Å². The molecule has 2 aliphatic heterocycles. The lowest BCUT2D eigenvalue weighted by Crippen LogP contribution is -2.31. The second kappa shape index (κ2) is 6.90. The Bertz CT molecular complexity index is 937. The van der Waals surface area contributed by atoms with Gasteiger partial charge in [-0.15, -0.1) is 10.2 Å². The van der Waals surface area contributed by atoms with Crippen LogP contribution in [0.25, 0.3) is 0 Å². The van der Waals surface area contributed by atoms with Gasteiger partial charge in [0.2, 0.25) is 5.82 Å². The molecule has 6 nitrogen and oxygen atoms in total. The Labute approximate surface area is 161 Å². The van der Waals surface area contributed by atoms with Crippen molar-refractivity contribution in [2.45, 2.75) is 19.5 Å². The van der Waals surface area contributed by atoms with Crippen LogP contribution in [0.5, 0.6) is 0 Å². The van der Waals surface area contributed by atoms with Gasteiger partial charge in [-0.2, -0.15) is 11.3 Å². The molecule has 2 aromatic heterocycles. The molecule has 0 radical (unpaired) electrons. The predicted octanol–water partition coefficient (Wildman–Crippen LogP) is 2.90. The number of hydrogen-bond acceptors (Lipinski definition) is 5. The van der Waals surface area contributed by atoms with E-state index < -0.39 is 0 Å². The van der Waals surface area contributed by atoms with Crippen molar-refractivity contribution in [1.82, 2.24) is 19.7 Å². The number of anilines is 1. The zero-order chi connectivity index (χ0) is 18.2. The number of nitrogens with one attached hydrogen (secondary N) is 1. The fourth-order valence-corrected chi connectivity index (χ4v) is 4.93. The highest BCUT2D eigenvalue weighted by molar-refractivity contribution is 7.07. The first-order chi connectivity index (χ1) is 13.3. The van der Waals surface area contributed by atoms with Gasteiger partial charge in [0.15, 0.2) is 0 Å². The highest BCUT2D eigenvalue weighted by Gasteiger charge is 2.39. The third-order valence-electron chi connectivity index (χ3n) is 5.56. The molecule has 138 valence electrons. The molecule has 2 aliphatic rings. The van der Waals surface area contributed by atoms with Gasteiger partial charge < -0.3 is 9.88 Å². The minimum absolute atomic E-state index is 0.188. The van der Waals surface area contributed by atoms with Crippen molar-refractivity contribution < 1.29 is 4.79 Å². The number of amides is 1. The maximum atomic E-state index is 12.7. The van der Waals surface area contributed by atoms with Crippen LogP contribution in [0.2, 0.25) is 0 Å². The summed E-state index contributed by atoms with van der Waals surface area (Å²) in [6, 6.07) is 11.7. The molecule has 0 saturated carbocycles. The number of hydrogen-bond donors (Lipinski definition) is 1. The van der Waals surface area contributed by atoms with Crippen molar-refractivity contribution in [2.75, 3.05) is 18.4 Å². The molecule has 1 amide bonds. The van der Waals surface area contributed by atoms with E-state index in [-0.39, 0.29) is 5.91 Å². The summed E-state index contributed by atoms with van der Waals surface area (Å²) in [5, 5.41) is 15.8. The molecular weight excluding hydrogens is 358 g/mol. The average Bonchev–Trinajstić information content (AvgIpc) is 3.40. The number of para-hydroxylation sites is 1. The summed E-state index contributed by atoms with van der Waals surface area (Å²) in [5.41, 5.74) is 2.16. The molecule has 1 N–H and O–H groups in total. The van der Waals surface area contributed by atoms with Crippen LogP contribution in [0.15, 0.2) is 47.2 Å². The van der Waals surface area contributed by atoms with Gasteiger partial charge in [0.05, 0.1) is 0 Å². The first-order valence-electron chi connectivity index (χ1n) is 9.28. The van der Waals surface area contributed by atoms with E-state index in [0.29, 0.717) is 17.7 Å². The molecule has 0 aliphatic carbocycles. The van der Waals surface area contributed by atoms with E-state index in [1.807, 2.05) is 34.9 Å². The topological polar surface area (TPSA) is 63.1 Å². The summed E-state index contributed by atoms with van der Waals surface area (Å²) in [6.07, 6.45) is 0.899. The van der Waals surface area contributed by atoms with Gasteiger partial charge >= 0.3 is 0 Å². The predicted molar refractivity (Wildman–Crippen MR) is 105 cm³/mol. The fraction of sp³-hybridized carbons (Fsp3) is 0.350. The van der Waals surface area contributed by atoms with E-state index in [4.69, 9.17) is 0 Å². The molecule has 1 aromatic carbocycles. The van der Waals surface area contributed by atoms with Gasteiger partial charge in [0, 0.05) is 38.3 Å². The SMILES string of the molecule is O=C(Nc1ccccc1)c1nnc2n1C[C@H]1CN(Cc3ccsc3)C[C@H]1C2. The van der Waals surface area contributed by atoms with E-state index in [1.165, 1.54) is 5.56 Å². The Morgan fingerprint density at radius 2 is 1.96 bits per heavy atom. The molecule has 7 heteroatoms. The molecular formula is C20H21N5OS. The Kier molecular flexibility index (Phi) is 4.26. The minimum Gasteiger partial charge on any atom is -0.319 e. The summed E-state index contributed by atoms with van der Waals surface area (Å²) < 4.78 is 2.02. The van der Waals surface area contributed by atoms with Crippen molar-refractivity contribution in [3.05, 3.63) is 64.4 Å². The number of likely N-dealkylation sites (tertiary alicyclic amines) is 1. The van der Waals surface area contributed by atoms with Crippen LogP contribution >= 0.6 is 11.3 Å². The maximum Gasteiger partial charge on any atom is 0.293 e. The summed E-state index contributed by atoms with van der Waals surface area (Å²) >= 11 is 1.75. The van der Waals surface area contributed by atoms with Crippen LogP contribution < -0.4 is 5.32 Å². The molecule has 3 aromatic rings. The monoisotopic (exact) mass is 379 g/mol. The Hall–Kier alpha value is -2.51. The molecule has 0 unspecified atom stereocenters. The average molecular weight is 379 g/mol. The number of thiophene rings is 1. The summed E-state index contributed by atoms with van der Waals surface area (Å²) in [6.45, 7) is 4.00. The van der Waals surface area contributed by atoms with Crippen LogP contribution in [0.3, 0.4) is 0 Å². The van der Waals surface area contributed by atoms with Crippen LogP contribution in [0, 0.1) is 11.8 Å². The maximum absolute atomic E-state index is 12.7. The summed E-state index contributed by atoms with van der Waals surface area (Å²) in [5.74, 6) is 2.32. The standard InChI is InChI=1S/C20H21N5OS/c26-20(21-17-4-2-1-3-5-17)19-23-22-18-8-15-10-24(9-14-6-7-27-13-14)11-16(15)12-25(18)19/h1-7,13,15-16H,8-12H2,(H,21,26)/t15-,16-/m1/s1. The third kappa shape index (κ3) is 3.28. The van der Waals surface area contributed by atoms with Gasteiger partial charge in [-0.05, 0) is 46.4 Å². The van der Waals surface area contributed by atoms with E-state index in [2.05, 4.69) is 37.2 Å². The molecule has 27 heavy (non-hydrogen) atoms. The number of aromatic nitrogens is 3. The molecule has 1 saturated heterocycles. The molecule has 4 heterocycles.